The van der Waals surface area contributed by atoms with Crippen LogP contribution in [0.3, 0.4) is 0 Å². The van der Waals surface area contributed by atoms with E-state index in [9.17, 15) is 4.79 Å². The summed E-state index contributed by atoms with van der Waals surface area (Å²) < 4.78 is 23.7. The van der Waals surface area contributed by atoms with Crippen molar-refractivity contribution >= 4 is 27.5 Å². The summed E-state index contributed by atoms with van der Waals surface area (Å²) >= 11 is 1.38. The van der Waals surface area contributed by atoms with Gasteiger partial charge in [0.15, 0.2) is 16.3 Å². The van der Waals surface area contributed by atoms with Crippen molar-refractivity contribution in [2.24, 2.45) is 12.0 Å². The Labute approximate surface area is 136 Å². The highest BCUT2D eigenvalue weighted by Crippen LogP contribution is 2.33. The van der Waals surface area contributed by atoms with E-state index in [0.717, 1.165) is 10.2 Å². The van der Waals surface area contributed by atoms with E-state index in [0.29, 0.717) is 29.5 Å². The normalized spacial score (nSPS) is 14.9. The van der Waals surface area contributed by atoms with Crippen molar-refractivity contribution in [3.8, 4) is 11.5 Å². The average Bonchev–Trinajstić information content (AvgIpc) is 2.89. The van der Waals surface area contributed by atoms with Gasteiger partial charge in [-0.1, -0.05) is 11.3 Å². The molecule has 0 spiro atoms. The van der Waals surface area contributed by atoms with Gasteiger partial charge in [-0.2, -0.15) is 4.99 Å². The maximum Gasteiger partial charge on any atom is 0.317 e. The molecule has 8 heteroatoms. The number of fused-ring (bicyclic) bond motifs is 1. The molecule has 0 aliphatic carbocycles. The van der Waals surface area contributed by atoms with Crippen LogP contribution in [0.5, 0.6) is 11.5 Å². The molecule has 0 bridgehead atoms. The number of benzene rings is 1. The number of carbonyl (C=O) groups excluding carboxylic acids is 1. The number of nitrogens with zero attached hydrogens (tertiary/aromatic N) is 2. The summed E-state index contributed by atoms with van der Waals surface area (Å²) in [5, 5.41) is 0. The fraction of sp³-hybridized carbons (Fsp3) is 0.333. The van der Waals surface area contributed by atoms with E-state index in [1.165, 1.54) is 17.6 Å². The van der Waals surface area contributed by atoms with Crippen molar-refractivity contribution in [2.75, 3.05) is 27.4 Å². The van der Waals surface area contributed by atoms with Crippen molar-refractivity contribution in [1.82, 2.24) is 4.57 Å². The maximum atomic E-state index is 12.1. The number of thiazole rings is 1. The van der Waals surface area contributed by atoms with Crippen LogP contribution in [0.15, 0.2) is 29.1 Å². The summed E-state index contributed by atoms with van der Waals surface area (Å²) in [6.07, 6.45) is 1.30. The summed E-state index contributed by atoms with van der Waals surface area (Å²) in [6.45, 7) is 0.785. The zero-order valence-corrected chi connectivity index (χ0v) is 13.8. The fourth-order valence-electron chi connectivity index (χ4n) is 2.18. The Bertz CT molecular complexity index is 849. The molecule has 0 saturated carbocycles. The van der Waals surface area contributed by atoms with E-state index in [1.54, 1.807) is 14.2 Å². The SMILES string of the molecule is COc1cc2sc(=NC(=O)C3=COCCO3)n(C)c2cc1OC. The van der Waals surface area contributed by atoms with Crippen molar-refractivity contribution in [2.45, 2.75) is 0 Å². The molecule has 23 heavy (non-hydrogen) atoms. The number of aryl methyl sites for hydroxylation is 1. The molecule has 1 aromatic carbocycles. The molecule has 1 amide bonds. The van der Waals surface area contributed by atoms with Crippen molar-refractivity contribution in [1.29, 1.82) is 0 Å². The van der Waals surface area contributed by atoms with Gasteiger partial charge in [0.25, 0.3) is 0 Å². The molecule has 0 fully saturated rings. The molecule has 1 aliphatic heterocycles. The van der Waals surface area contributed by atoms with Crippen molar-refractivity contribution in [3.63, 3.8) is 0 Å². The second kappa shape index (κ2) is 6.33. The molecule has 0 saturated heterocycles. The van der Waals surface area contributed by atoms with E-state index in [4.69, 9.17) is 18.9 Å². The molecular formula is C15H16N2O5S. The monoisotopic (exact) mass is 336 g/mol. The molecule has 0 N–H and O–H groups in total. The van der Waals surface area contributed by atoms with E-state index < -0.39 is 5.91 Å². The molecule has 3 rings (SSSR count). The maximum absolute atomic E-state index is 12.1. The minimum atomic E-state index is -0.467. The first kappa shape index (κ1) is 15.4. The molecule has 1 aromatic heterocycles. The van der Waals surface area contributed by atoms with Crippen LogP contribution in [0.4, 0.5) is 0 Å². The Morgan fingerprint density at radius 2 is 2.00 bits per heavy atom. The second-order valence-corrected chi connectivity index (χ2v) is 5.75. The van der Waals surface area contributed by atoms with Crippen LogP contribution in [-0.2, 0) is 21.3 Å². The van der Waals surface area contributed by atoms with E-state index in [-0.39, 0.29) is 5.76 Å². The Morgan fingerprint density at radius 3 is 2.65 bits per heavy atom. The van der Waals surface area contributed by atoms with Crippen LogP contribution >= 0.6 is 11.3 Å². The number of amides is 1. The molecule has 0 atom stereocenters. The molecule has 2 heterocycles. The fourth-order valence-corrected chi connectivity index (χ4v) is 3.21. The van der Waals surface area contributed by atoms with Crippen LogP contribution in [0.1, 0.15) is 0 Å². The highest BCUT2D eigenvalue weighted by Gasteiger charge is 2.16. The number of carbonyl (C=O) groups is 1. The third kappa shape index (κ3) is 2.89. The van der Waals surface area contributed by atoms with Gasteiger partial charge < -0.3 is 23.5 Å². The number of hydrogen-bond acceptors (Lipinski definition) is 6. The Kier molecular flexibility index (Phi) is 4.24. The molecule has 122 valence electrons. The van der Waals surface area contributed by atoms with E-state index >= 15 is 0 Å². The van der Waals surface area contributed by atoms with Crippen molar-refractivity contribution < 1.29 is 23.7 Å². The molecule has 7 nitrogen and oxygen atoms in total. The first-order chi connectivity index (χ1) is 11.1. The van der Waals surface area contributed by atoms with Crippen LogP contribution < -0.4 is 14.3 Å². The number of hydrogen-bond donors (Lipinski definition) is 0. The summed E-state index contributed by atoms with van der Waals surface area (Å²) in [4.78, 5) is 16.8. The third-order valence-corrected chi connectivity index (χ3v) is 4.47. The van der Waals surface area contributed by atoms with Crippen LogP contribution in [0.2, 0.25) is 0 Å². The number of aromatic nitrogens is 1. The number of methoxy groups -OCH3 is 2. The van der Waals surface area contributed by atoms with Crippen LogP contribution in [-0.4, -0.2) is 37.9 Å². The summed E-state index contributed by atoms with van der Waals surface area (Å²) in [5.41, 5.74) is 0.897. The molecule has 0 unspecified atom stereocenters. The summed E-state index contributed by atoms with van der Waals surface area (Å²) in [7, 11) is 5.00. The third-order valence-electron chi connectivity index (χ3n) is 3.37. The lowest BCUT2D eigenvalue weighted by molar-refractivity contribution is -0.119. The van der Waals surface area contributed by atoms with Gasteiger partial charge in [-0.25, -0.2) is 0 Å². The topological polar surface area (TPSA) is 71.3 Å². The first-order valence-electron chi connectivity index (χ1n) is 6.89. The average molecular weight is 336 g/mol. The lowest BCUT2D eigenvalue weighted by Gasteiger charge is -2.12. The highest BCUT2D eigenvalue weighted by molar-refractivity contribution is 7.16. The highest BCUT2D eigenvalue weighted by atomic mass is 32.1. The summed E-state index contributed by atoms with van der Waals surface area (Å²) in [5.74, 6) is 0.902. The van der Waals surface area contributed by atoms with Gasteiger partial charge in [-0.15, -0.1) is 0 Å². The minimum absolute atomic E-state index is 0.115. The quantitative estimate of drug-likeness (QED) is 0.851. The van der Waals surface area contributed by atoms with Gasteiger partial charge >= 0.3 is 5.91 Å². The Hall–Kier alpha value is -2.48. The minimum Gasteiger partial charge on any atom is -0.494 e. The predicted molar refractivity (Wildman–Crippen MR) is 84.5 cm³/mol. The number of ether oxygens (including phenoxy) is 4. The van der Waals surface area contributed by atoms with E-state index in [2.05, 4.69) is 4.99 Å². The van der Waals surface area contributed by atoms with Gasteiger partial charge in [0.05, 0.1) is 24.4 Å². The van der Waals surface area contributed by atoms with Crippen LogP contribution in [0, 0.1) is 0 Å². The molecular weight excluding hydrogens is 320 g/mol. The first-order valence-corrected chi connectivity index (χ1v) is 7.71. The lowest BCUT2D eigenvalue weighted by atomic mass is 10.3. The second-order valence-electron chi connectivity index (χ2n) is 4.74. The Morgan fingerprint density at radius 1 is 1.26 bits per heavy atom. The molecule has 0 radical (unpaired) electrons. The van der Waals surface area contributed by atoms with Gasteiger partial charge in [0, 0.05) is 19.2 Å². The largest absolute Gasteiger partial charge is 0.494 e. The van der Waals surface area contributed by atoms with Crippen LogP contribution in [0.25, 0.3) is 10.2 Å². The Balaban J connectivity index is 2.07. The van der Waals surface area contributed by atoms with Gasteiger partial charge in [-0.05, 0) is 0 Å². The standard InChI is InChI=1S/C15H16N2O5S/c1-17-9-6-10(19-2)11(20-3)7-13(9)23-15(17)16-14(18)12-8-21-4-5-22-12/h6-8H,4-5H2,1-3H3. The molecule has 2 aromatic rings. The van der Waals surface area contributed by atoms with E-state index in [1.807, 2.05) is 23.7 Å². The zero-order valence-electron chi connectivity index (χ0n) is 13.0. The number of rotatable bonds is 3. The van der Waals surface area contributed by atoms with Gasteiger partial charge in [0.2, 0.25) is 5.76 Å². The zero-order chi connectivity index (χ0) is 16.4. The molecule has 1 aliphatic rings. The van der Waals surface area contributed by atoms with Crippen molar-refractivity contribution in [3.05, 3.63) is 29.0 Å². The smallest absolute Gasteiger partial charge is 0.317 e. The summed E-state index contributed by atoms with van der Waals surface area (Å²) in [6, 6.07) is 3.72. The lowest BCUT2D eigenvalue weighted by Crippen LogP contribution is -2.18. The van der Waals surface area contributed by atoms with Gasteiger partial charge in [0.1, 0.15) is 19.5 Å². The predicted octanol–water partition coefficient (Wildman–Crippen LogP) is 1.57. The van der Waals surface area contributed by atoms with Gasteiger partial charge in [-0.3, -0.25) is 4.79 Å².